The molecule has 0 amide bonds. The minimum atomic E-state index is 0.781. The summed E-state index contributed by atoms with van der Waals surface area (Å²) < 4.78 is 0. The molecule has 2 N–H and O–H groups in total. The zero-order chi connectivity index (χ0) is 19.9. The van der Waals surface area contributed by atoms with Crippen molar-refractivity contribution in [2.45, 2.75) is 119 Å². The van der Waals surface area contributed by atoms with E-state index < -0.39 is 0 Å². The van der Waals surface area contributed by atoms with Crippen molar-refractivity contribution < 1.29 is 0 Å². The lowest BCUT2D eigenvalue weighted by Crippen LogP contribution is -2.23. The molecule has 0 aliphatic rings. The molecule has 0 atom stereocenters. The lowest BCUT2D eigenvalue weighted by Gasteiger charge is -2.08. The van der Waals surface area contributed by atoms with E-state index in [4.69, 9.17) is 0 Å². The Labute approximate surface area is 167 Å². The molecule has 0 aromatic carbocycles. The molecule has 0 saturated heterocycles. The molecule has 2 nitrogen and oxygen atoms in total. The maximum absolute atomic E-state index is 3.57. The second-order valence-corrected chi connectivity index (χ2v) is 8.73. The summed E-state index contributed by atoms with van der Waals surface area (Å²) in [7, 11) is 0. The van der Waals surface area contributed by atoms with Gasteiger partial charge in [0, 0.05) is 0 Å². The van der Waals surface area contributed by atoms with E-state index in [0.717, 1.165) is 24.9 Å². The van der Waals surface area contributed by atoms with E-state index in [1.807, 2.05) is 0 Å². The molecular formula is C24H54N2. The van der Waals surface area contributed by atoms with Gasteiger partial charge >= 0.3 is 0 Å². The molecule has 160 valence electrons. The summed E-state index contributed by atoms with van der Waals surface area (Å²) in [4.78, 5) is 0. The lowest BCUT2D eigenvalue weighted by molar-refractivity contribution is 0.497. The van der Waals surface area contributed by atoms with E-state index >= 15 is 0 Å². The van der Waals surface area contributed by atoms with Gasteiger partial charge in [0.05, 0.1) is 0 Å². The van der Waals surface area contributed by atoms with E-state index in [1.165, 1.54) is 90.1 Å². The molecule has 0 aromatic heterocycles. The van der Waals surface area contributed by atoms with Gasteiger partial charge in [-0.1, -0.05) is 106 Å². The van der Waals surface area contributed by atoms with Gasteiger partial charge in [0.2, 0.25) is 0 Å². The minimum absolute atomic E-state index is 0.781. The Kier molecular flexibility index (Phi) is 27.0. The van der Waals surface area contributed by atoms with Crippen molar-refractivity contribution in [3.05, 3.63) is 0 Å². The smallest absolute Gasteiger partial charge is 0.00257 e. The highest BCUT2D eigenvalue weighted by atomic mass is 14.9. The number of hydrogen-bond acceptors (Lipinski definition) is 2. The Morgan fingerprint density at radius 2 is 0.808 bits per heavy atom. The van der Waals surface area contributed by atoms with Crippen molar-refractivity contribution in [3.63, 3.8) is 0 Å². The summed E-state index contributed by atoms with van der Waals surface area (Å²) in [6, 6.07) is 0. The van der Waals surface area contributed by atoms with Crippen LogP contribution in [0.2, 0.25) is 0 Å². The van der Waals surface area contributed by atoms with Gasteiger partial charge in [-0.05, 0) is 50.9 Å². The lowest BCUT2D eigenvalue weighted by atomic mass is 10.1. The predicted molar refractivity (Wildman–Crippen MR) is 122 cm³/mol. The van der Waals surface area contributed by atoms with Gasteiger partial charge in [0.15, 0.2) is 0 Å². The van der Waals surface area contributed by atoms with Crippen molar-refractivity contribution >= 4 is 0 Å². The summed E-state index contributed by atoms with van der Waals surface area (Å²) >= 11 is 0. The molecule has 0 fully saturated rings. The fraction of sp³-hybridized carbons (Fsp3) is 1.00. The quantitative estimate of drug-likeness (QED) is 0.250. The molecule has 0 spiro atoms. The van der Waals surface area contributed by atoms with Crippen LogP contribution >= 0.6 is 0 Å². The van der Waals surface area contributed by atoms with Crippen molar-refractivity contribution in [2.75, 3.05) is 26.2 Å². The van der Waals surface area contributed by atoms with Crippen LogP contribution in [-0.2, 0) is 0 Å². The first-order valence-electron chi connectivity index (χ1n) is 12.0. The molecule has 0 saturated carbocycles. The van der Waals surface area contributed by atoms with Gasteiger partial charge < -0.3 is 10.6 Å². The van der Waals surface area contributed by atoms with Crippen LogP contribution in [-0.4, -0.2) is 26.2 Å². The van der Waals surface area contributed by atoms with E-state index in [0.29, 0.717) is 0 Å². The monoisotopic (exact) mass is 370 g/mol. The topological polar surface area (TPSA) is 24.1 Å². The van der Waals surface area contributed by atoms with Crippen LogP contribution in [0.15, 0.2) is 0 Å². The fourth-order valence-electron chi connectivity index (χ4n) is 2.85. The average Bonchev–Trinajstić information content (AvgIpc) is 2.59. The SMILES string of the molecule is CC(C)CNCC(C)C.CCCCCCCCNCCCCCCCC. The third-order valence-electron chi connectivity index (χ3n) is 4.52. The number of hydrogen-bond donors (Lipinski definition) is 2. The second kappa shape index (κ2) is 24.9. The molecular weight excluding hydrogens is 316 g/mol. The van der Waals surface area contributed by atoms with Gasteiger partial charge in [0.1, 0.15) is 0 Å². The zero-order valence-electron chi connectivity index (χ0n) is 19.5. The first kappa shape index (κ1) is 28.1. The van der Waals surface area contributed by atoms with Crippen molar-refractivity contribution in [1.29, 1.82) is 0 Å². The Hall–Kier alpha value is -0.0800. The normalized spacial score (nSPS) is 11.1. The molecule has 0 aliphatic carbocycles. The van der Waals surface area contributed by atoms with Gasteiger partial charge in [-0.15, -0.1) is 0 Å². The third-order valence-corrected chi connectivity index (χ3v) is 4.52. The average molecular weight is 371 g/mol. The van der Waals surface area contributed by atoms with Gasteiger partial charge in [-0.25, -0.2) is 0 Å². The standard InChI is InChI=1S/C16H35N.C8H19N/c1-3-5-7-9-11-13-15-17-16-14-12-10-8-6-4-2;1-7(2)5-9-6-8(3)4/h17H,3-16H2,1-2H3;7-9H,5-6H2,1-4H3. The fourth-order valence-corrected chi connectivity index (χ4v) is 2.85. The molecule has 0 aliphatic heterocycles. The highest BCUT2D eigenvalue weighted by Crippen LogP contribution is 2.05. The molecule has 2 heteroatoms. The first-order chi connectivity index (χ1) is 12.5. The van der Waals surface area contributed by atoms with Crippen molar-refractivity contribution in [3.8, 4) is 0 Å². The molecule has 0 rings (SSSR count). The highest BCUT2D eigenvalue weighted by Gasteiger charge is 1.94. The van der Waals surface area contributed by atoms with E-state index in [-0.39, 0.29) is 0 Å². The van der Waals surface area contributed by atoms with E-state index in [9.17, 15) is 0 Å². The summed E-state index contributed by atoms with van der Waals surface area (Å²) in [5.74, 6) is 1.56. The van der Waals surface area contributed by atoms with Crippen LogP contribution in [0.1, 0.15) is 119 Å². The predicted octanol–water partition coefficient (Wildman–Crippen LogP) is 7.19. The molecule has 0 unspecified atom stereocenters. The molecule has 0 bridgehead atoms. The number of rotatable bonds is 18. The largest absolute Gasteiger partial charge is 0.317 e. The highest BCUT2D eigenvalue weighted by molar-refractivity contribution is 4.53. The third kappa shape index (κ3) is 31.7. The Morgan fingerprint density at radius 3 is 1.15 bits per heavy atom. The van der Waals surface area contributed by atoms with Crippen LogP contribution in [0.5, 0.6) is 0 Å². The summed E-state index contributed by atoms with van der Waals surface area (Å²) in [5.41, 5.74) is 0. The van der Waals surface area contributed by atoms with Crippen LogP contribution in [0.25, 0.3) is 0 Å². The number of nitrogens with one attached hydrogen (secondary N) is 2. The van der Waals surface area contributed by atoms with Gasteiger partial charge in [0.25, 0.3) is 0 Å². The first-order valence-corrected chi connectivity index (χ1v) is 12.0. The van der Waals surface area contributed by atoms with Crippen LogP contribution < -0.4 is 10.6 Å². The minimum Gasteiger partial charge on any atom is -0.317 e. The Morgan fingerprint density at radius 1 is 0.462 bits per heavy atom. The maximum Gasteiger partial charge on any atom is -0.00257 e. The summed E-state index contributed by atoms with van der Waals surface area (Å²) in [6.45, 7) is 18.3. The molecule has 26 heavy (non-hydrogen) atoms. The zero-order valence-corrected chi connectivity index (χ0v) is 19.5. The molecule has 0 heterocycles. The summed E-state index contributed by atoms with van der Waals surface area (Å²) in [6.07, 6.45) is 16.9. The second-order valence-electron chi connectivity index (χ2n) is 8.73. The Bertz CT molecular complexity index is 204. The van der Waals surface area contributed by atoms with E-state index in [1.54, 1.807) is 0 Å². The molecule has 0 aromatic rings. The summed E-state index contributed by atoms with van der Waals surface area (Å²) in [5, 5.41) is 6.95. The van der Waals surface area contributed by atoms with Crippen molar-refractivity contribution in [1.82, 2.24) is 10.6 Å². The Balaban J connectivity index is 0. The van der Waals surface area contributed by atoms with Gasteiger partial charge in [-0.3, -0.25) is 0 Å². The van der Waals surface area contributed by atoms with E-state index in [2.05, 4.69) is 52.2 Å². The van der Waals surface area contributed by atoms with Gasteiger partial charge in [-0.2, -0.15) is 0 Å². The number of unbranched alkanes of at least 4 members (excludes halogenated alkanes) is 10. The molecule has 0 radical (unpaired) electrons. The van der Waals surface area contributed by atoms with Crippen molar-refractivity contribution in [2.24, 2.45) is 11.8 Å². The maximum atomic E-state index is 3.57. The van der Waals surface area contributed by atoms with Crippen LogP contribution in [0.4, 0.5) is 0 Å². The van der Waals surface area contributed by atoms with Crippen LogP contribution in [0.3, 0.4) is 0 Å². The van der Waals surface area contributed by atoms with Crippen LogP contribution in [0, 0.1) is 11.8 Å².